The summed E-state index contributed by atoms with van der Waals surface area (Å²) in [6.07, 6.45) is 15.9. The van der Waals surface area contributed by atoms with Crippen LogP contribution in [0, 0.1) is 23.2 Å². The molecule has 0 saturated heterocycles. The van der Waals surface area contributed by atoms with E-state index in [0.717, 1.165) is 43.7 Å². The first-order valence-electron chi connectivity index (χ1n) is 15.7. The molecule has 0 aliphatic heterocycles. The van der Waals surface area contributed by atoms with Crippen LogP contribution in [-0.2, 0) is 13.1 Å². The van der Waals surface area contributed by atoms with Gasteiger partial charge in [0.1, 0.15) is 11.4 Å². The second kappa shape index (κ2) is 18.0. The van der Waals surface area contributed by atoms with Crippen LogP contribution in [0.25, 0.3) is 22.8 Å². The number of nitriles is 1. The van der Waals surface area contributed by atoms with Gasteiger partial charge in [0.25, 0.3) is 0 Å². The summed E-state index contributed by atoms with van der Waals surface area (Å²) in [5.74, 6) is 0.643. The highest BCUT2D eigenvalue weighted by molar-refractivity contribution is 5.98. The third kappa shape index (κ3) is 11.5. The highest BCUT2D eigenvalue weighted by atomic mass is 16.4. The van der Waals surface area contributed by atoms with E-state index in [2.05, 4.69) is 43.8 Å². The van der Waals surface area contributed by atoms with Gasteiger partial charge < -0.3 is 24.0 Å². The summed E-state index contributed by atoms with van der Waals surface area (Å²) in [4.78, 5) is 44.7. The van der Waals surface area contributed by atoms with Gasteiger partial charge in [-0.05, 0) is 75.9 Å². The van der Waals surface area contributed by atoms with Crippen LogP contribution in [-0.4, -0.2) is 96.0 Å². The monoisotopic (exact) mass is 655 g/mol. The predicted octanol–water partition coefficient (Wildman–Crippen LogP) is 5.64. The minimum Gasteiger partial charge on any atom is -0.478 e. The Kier molecular flexibility index (Phi) is 14.1. The molecule has 2 aliphatic carbocycles. The van der Waals surface area contributed by atoms with Gasteiger partial charge in [0, 0.05) is 69.6 Å². The third-order valence-electron chi connectivity index (χ3n) is 8.13. The van der Waals surface area contributed by atoms with Crippen LogP contribution >= 0.6 is 0 Å². The number of carbonyl (C=O) groups is 2. The van der Waals surface area contributed by atoms with Gasteiger partial charge in [-0.15, -0.1) is 0 Å². The van der Waals surface area contributed by atoms with Crippen molar-refractivity contribution in [2.24, 2.45) is 11.8 Å². The second-order valence-electron chi connectivity index (χ2n) is 12.3. The quantitative estimate of drug-likeness (QED) is 0.160. The molecule has 6 rings (SSSR count). The maximum absolute atomic E-state index is 11.8. The molecule has 256 valence electrons. The molecule has 0 bridgehead atoms. The minimum atomic E-state index is -0.954. The maximum Gasteiger partial charge on any atom is 0.335 e. The maximum atomic E-state index is 11.8. The lowest BCUT2D eigenvalue weighted by Crippen LogP contribution is -2.25. The van der Waals surface area contributed by atoms with E-state index in [-0.39, 0.29) is 32.6 Å². The van der Waals surface area contributed by atoms with E-state index in [9.17, 15) is 9.59 Å². The molecular formula is C36H49N9O3. The average molecular weight is 656 g/mol. The molecule has 1 N–H and O–H groups in total. The van der Waals surface area contributed by atoms with E-state index in [1.807, 2.05) is 27.6 Å². The van der Waals surface area contributed by atoms with Gasteiger partial charge in [0.15, 0.2) is 5.78 Å². The number of aromatic carboxylic acids is 1. The molecule has 2 saturated carbocycles. The van der Waals surface area contributed by atoms with Gasteiger partial charge >= 0.3 is 5.97 Å². The van der Waals surface area contributed by atoms with E-state index in [1.54, 1.807) is 37.1 Å². The molecule has 12 heteroatoms. The predicted molar refractivity (Wildman–Crippen MR) is 186 cm³/mol. The zero-order chi connectivity index (χ0) is 32.5. The van der Waals surface area contributed by atoms with Crippen LogP contribution in [0.2, 0.25) is 0 Å². The van der Waals surface area contributed by atoms with Crippen molar-refractivity contribution in [3.63, 3.8) is 0 Å². The van der Waals surface area contributed by atoms with Gasteiger partial charge in [-0.2, -0.15) is 5.26 Å². The van der Waals surface area contributed by atoms with Crippen molar-refractivity contribution in [2.75, 3.05) is 40.3 Å². The first kappa shape index (κ1) is 37.7. The number of Topliss-reactive ketones (excluding diaryl/α,β-unsaturated/α-hetero) is 1. The fourth-order valence-electron chi connectivity index (χ4n) is 5.09. The van der Waals surface area contributed by atoms with Crippen molar-refractivity contribution in [3.8, 4) is 28.8 Å². The number of hydrogen-bond acceptors (Lipinski definition) is 9. The SMILES string of the molecule is C.C.CN(CCn1cnc(-c2cc(C(=O)CC#N)ccn2)c1)CC1CC1.CN(CCn1cnc(-c2cc(C(=O)O)ccn2)c1)CC1CC1. The van der Waals surface area contributed by atoms with Crippen LogP contribution in [0.15, 0.2) is 61.7 Å². The molecule has 4 aromatic rings. The molecule has 0 amide bonds. The number of ketones is 1. The van der Waals surface area contributed by atoms with E-state index in [1.165, 1.54) is 51.0 Å². The second-order valence-corrected chi connectivity index (χ2v) is 12.3. The molecule has 2 aliphatic rings. The number of hydrogen-bond donors (Lipinski definition) is 1. The van der Waals surface area contributed by atoms with Gasteiger partial charge in [-0.3, -0.25) is 14.8 Å². The summed E-state index contributed by atoms with van der Waals surface area (Å²) in [7, 11) is 4.30. The highest BCUT2D eigenvalue weighted by Crippen LogP contribution is 2.30. The van der Waals surface area contributed by atoms with Crippen molar-refractivity contribution in [1.82, 2.24) is 38.9 Å². The summed E-state index contributed by atoms with van der Waals surface area (Å²) >= 11 is 0. The smallest absolute Gasteiger partial charge is 0.335 e. The number of nitrogens with zero attached hydrogens (tertiary/aromatic N) is 9. The Morgan fingerprint density at radius 3 is 1.69 bits per heavy atom. The zero-order valence-electron chi connectivity index (χ0n) is 26.5. The van der Waals surface area contributed by atoms with Gasteiger partial charge in [0.05, 0.1) is 42.1 Å². The Morgan fingerprint density at radius 1 is 0.792 bits per heavy atom. The van der Waals surface area contributed by atoms with Crippen molar-refractivity contribution >= 4 is 11.8 Å². The van der Waals surface area contributed by atoms with Crippen LogP contribution in [0.5, 0.6) is 0 Å². The summed E-state index contributed by atoms with van der Waals surface area (Å²) in [6.45, 7) is 6.06. The highest BCUT2D eigenvalue weighted by Gasteiger charge is 2.23. The largest absolute Gasteiger partial charge is 0.478 e. The lowest BCUT2D eigenvalue weighted by atomic mass is 10.1. The number of pyridine rings is 2. The Balaban J connectivity index is 0.000000251. The molecule has 4 heterocycles. The number of carboxylic acids is 1. The van der Waals surface area contributed by atoms with Crippen molar-refractivity contribution in [3.05, 3.63) is 72.8 Å². The molecule has 2 fully saturated rings. The summed E-state index contributed by atoms with van der Waals surface area (Å²) in [5, 5.41) is 17.7. The number of likely N-dealkylation sites (N-methyl/N-ethyl adjacent to an activating group) is 2. The Labute approximate surface area is 284 Å². The Bertz CT molecular complexity index is 1670. The molecule has 12 nitrogen and oxygen atoms in total. The summed E-state index contributed by atoms with van der Waals surface area (Å²) in [6, 6.07) is 8.24. The zero-order valence-corrected chi connectivity index (χ0v) is 26.5. The lowest BCUT2D eigenvalue weighted by molar-refractivity contribution is 0.0696. The number of imidazole rings is 2. The first-order chi connectivity index (χ1) is 22.3. The van der Waals surface area contributed by atoms with Crippen molar-refractivity contribution in [2.45, 2.75) is 60.0 Å². The molecule has 0 aromatic carbocycles. The molecule has 0 atom stereocenters. The van der Waals surface area contributed by atoms with E-state index < -0.39 is 5.97 Å². The van der Waals surface area contributed by atoms with E-state index in [0.29, 0.717) is 22.6 Å². The van der Waals surface area contributed by atoms with Gasteiger partial charge in [-0.1, -0.05) is 14.9 Å². The third-order valence-corrected chi connectivity index (χ3v) is 8.13. The standard InChI is InChI=1S/C18H21N5O.C16H20N4O2.2CH4/c1-22(11-14-2-3-14)8-9-23-12-17(21-13-23)16-10-15(5-7-20-16)18(24)4-6-19;1-19(9-12-2-3-12)6-7-20-10-15(18-11-20)14-8-13(16(21)22)4-5-17-14;;/h5,7,10,12-14H,2-4,8-9,11H2,1H3;4-5,8,10-12H,2-3,6-7,9H2,1H3,(H,21,22);2*1H4. The van der Waals surface area contributed by atoms with Crippen molar-refractivity contribution < 1.29 is 14.7 Å². The lowest BCUT2D eigenvalue weighted by Gasteiger charge is -2.15. The molecule has 48 heavy (non-hydrogen) atoms. The summed E-state index contributed by atoms with van der Waals surface area (Å²) in [5.41, 5.74) is 3.41. The fraction of sp³-hybridized carbons (Fsp3) is 0.472. The molecule has 0 radical (unpaired) electrons. The minimum absolute atomic E-state index is 0. The van der Waals surface area contributed by atoms with Gasteiger partial charge in [-0.25, -0.2) is 14.8 Å². The number of carbonyl (C=O) groups excluding carboxylic acids is 1. The molecular weight excluding hydrogens is 606 g/mol. The van der Waals surface area contributed by atoms with Crippen LogP contribution in [0.1, 0.15) is 67.7 Å². The Morgan fingerprint density at radius 2 is 1.25 bits per heavy atom. The molecule has 0 spiro atoms. The van der Waals surface area contributed by atoms with Crippen molar-refractivity contribution in [1.29, 1.82) is 5.26 Å². The van der Waals surface area contributed by atoms with Crippen LogP contribution < -0.4 is 0 Å². The van der Waals surface area contributed by atoms with E-state index >= 15 is 0 Å². The topological polar surface area (TPSA) is 146 Å². The van der Waals surface area contributed by atoms with Crippen LogP contribution in [0.4, 0.5) is 0 Å². The molecule has 4 aromatic heterocycles. The van der Waals surface area contributed by atoms with Gasteiger partial charge in [0.2, 0.25) is 0 Å². The number of carboxylic acid groups (broad SMARTS) is 1. The van der Waals surface area contributed by atoms with E-state index in [4.69, 9.17) is 10.4 Å². The first-order valence-corrected chi connectivity index (χ1v) is 15.7. The average Bonchev–Trinajstić information content (AvgIpc) is 3.95. The normalized spacial score (nSPS) is 13.6. The fourth-order valence-corrected chi connectivity index (χ4v) is 5.09. The summed E-state index contributed by atoms with van der Waals surface area (Å²) < 4.78 is 4.07. The Hall–Kier alpha value is -4.73. The number of rotatable bonds is 15. The van der Waals surface area contributed by atoms with Crippen LogP contribution in [0.3, 0.4) is 0 Å². The molecule has 0 unspecified atom stereocenters. The number of aromatic nitrogens is 6.